The Hall–Kier alpha value is -2.63. The van der Waals surface area contributed by atoms with E-state index in [1.165, 1.54) is 6.33 Å². The first-order chi connectivity index (χ1) is 10.7. The van der Waals surface area contributed by atoms with Gasteiger partial charge in [0.05, 0.1) is 17.5 Å². The minimum Gasteiger partial charge on any atom is -0.464 e. The molecule has 2 N–H and O–H groups in total. The zero-order valence-electron chi connectivity index (χ0n) is 12.5. The van der Waals surface area contributed by atoms with E-state index in [1.54, 1.807) is 0 Å². The van der Waals surface area contributed by atoms with E-state index >= 15 is 0 Å². The molecule has 0 bridgehead atoms. The minimum absolute atomic E-state index is 0.115. The maximum Gasteiger partial charge on any atom is 0.326 e. The van der Waals surface area contributed by atoms with Gasteiger partial charge in [-0.2, -0.15) is 0 Å². The second-order valence-electron chi connectivity index (χ2n) is 5.13. The summed E-state index contributed by atoms with van der Waals surface area (Å²) in [6.45, 7) is 2.62. The Morgan fingerprint density at radius 1 is 1.32 bits per heavy atom. The molecule has 0 unspecified atom stereocenters. The number of nitrogen functional groups attached to an aromatic ring is 1. The second-order valence-corrected chi connectivity index (χ2v) is 5.13. The number of para-hydroxylation sites is 1. The lowest BCUT2D eigenvalue weighted by atomic mass is 10.2. The highest BCUT2D eigenvalue weighted by Gasteiger charge is 2.16. The SMILES string of the molecule is CCCCOC(=O)Cn1c2ccccc2c2c(N)ncnc21. The normalized spacial score (nSPS) is 11.1. The summed E-state index contributed by atoms with van der Waals surface area (Å²) < 4.78 is 7.08. The number of nitrogens with two attached hydrogens (primary N) is 1. The smallest absolute Gasteiger partial charge is 0.326 e. The number of anilines is 1. The molecule has 0 saturated heterocycles. The molecule has 0 aliphatic heterocycles. The van der Waals surface area contributed by atoms with E-state index in [9.17, 15) is 4.79 Å². The number of benzene rings is 1. The monoisotopic (exact) mass is 298 g/mol. The average molecular weight is 298 g/mol. The standard InChI is InChI=1S/C16H18N4O2/c1-2-3-8-22-13(21)9-20-12-7-5-4-6-11(12)14-15(17)18-10-19-16(14)20/h4-7,10H,2-3,8-9H2,1H3,(H2,17,18,19). The van der Waals surface area contributed by atoms with Crippen LogP contribution in [0.3, 0.4) is 0 Å². The first-order valence-electron chi connectivity index (χ1n) is 7.35. The molecule has 0 atom stereocenters. The van der Waals surface area contributed by atoms with Gasteiger partial charge in [-0.05, 0) is 12.5 Å². The highest BCUT2D eigenvalue weighted by molar-refractivity contribution is 6.11. The molecule has 114 valence electrons. The highest BCUT2D eigenvalue weighted by Crippen LogP contribution is 2.30. The molecule has 22 heavy (non-hydrogen) atoms. The zero-order valence-corrected chi connectivity index (χ0v) is 12.5. The number of aromatic nitrogens is 3. The summed E-state index contributed by atoms with van der Waals surface area (Å²) in [5, 5.41) is 1.72. The van der Waals surface area contributed by atoms with E-state index < -0.39 is 0 Å². The highest BCUT2D eigenvalue weighted by atomic mass is 16.5. The third kappa shape index (κ3) is 2.47. The molecule has 0 saturated carbocycles. The lowest BCUT2D eigenvalue weighted by Crippen LogP contribution is -2.14. The third-order valence-corrected chi connectivity index (χ3v) is 3.62. The number of ether oxygens (including phenoxy) is 1. The summed E-state index contributed by atoms with van der Waals surface area (Å²) in [7, 11) is 0. The van der Waals surface area contributed by atoms with Crippen LogP contribution in [0.5, 0.6) is 0 Å². The number of fused-ring (bicyclic) bond motifs is 3. The van der Waals surface area contributed by atoms with Crippen LogP contribution in [0, 0.1) is 0 Å². The van der Waals surface area contributed by atoms with Crippen molar-refractivity contribution < 1.29 is 9.53 Å². The Morgan fingerprint density at radius 3 is 2.95 bits per heavy atom. The van der Waals surface area contributed by atoms with Gasteiger partial charge < -0.3 is 15.0 Å². The molecule has 0 radical (unpaired) electrons. The van der Waals surface area contributed by atoms with Crippen LogP contribution in [0.2, 0.25) is 0 Å². The van der Waals surface area contributed by atoms with Crippen molar-refractivity contribution in [3.63, 3.8) is 0 Å². The molecule has 2 heterocycles. The van der Waals surface area contributed by atoms with Crippen LogP contribution in [-0.2, 0) is 16.1 Å². The van der Waals surface area contributed by atoms with Gasteiger partial charge in [0.1, 0.15) is 24.3 Å². The lowest BCUT2D eigenvalue weighted by molar-refractivity contribution is -0.144. The van der Waals surface area contributed by atoms with E-state index in [2.05, 4.69) is 16.9 Å². The van der Waals surface area contributed by atoms with Crippen LogP contribution in [0.25, 0.3) is 21.9 Å². The predicted octanol–water partition coefficient (Wildman–Crippen LogP) is 2.51. The first-order valence-corrected chi connectivity index (χ1v) is 7.35. The van der Waals surface area contributed by atoms with Crippen molar-refractivity contribution in [2.45, 2.75) is 26.3 Å². The molecule has 0 aliphatic carbocycles. The molecule has 6 heteroatoms. The number of hydrogen-bond acceptors (Lipinski definition) is 5. The molecule has 0 amide bonds. The van der Waals surface area contributed by atoms with Crippen molar-refractivity contribution in [1.82, 2.24) is 14.5 Å². The van der Waals surface area contributed by atoms with Crippen molar-refractivity contribution in [2.24, 2.45) is 0 Å². The van der Waals surface area contributed by atoms with E-state index in [1.807, 2.05) is 28.8 Å². The number of hydrogen-bond donors (Lipinski definition) is 1. The van der Waals surface area contributed by atoms with Crippen molar-refractivity contribution in [1.29, 1.82) is 0 Å². The van der Waals surface area contributed by atoms with Crippen molar-refractivity contribution in [3.05, 3.63) is 30.6 Å². The summed E-state index contributed by atoms with van der Waals surface area (Å²) in [5.41, 5.74) is 7.54. The van der Waals surface area contributed by atoms with Crippen LogP contribution >= 0.6 is 0 Å². The number of esters is 1. The van der Waals surface area contributed by atoms with E-state index in [0.29, 0.717) is 18.1 Å². The Bertz CT molecular complexity index is 825. The summed E-state index contributed by atoms with van der Waals surface area (Å²) in [6, 6.07) is 7.74. The molecular formula is C16H18N4O2. The van der Waals surface area contributed by atoms with Crippen LogP contribution in [-0.4, -0.2) is 27.1 Å². The zero-order chi connectivity index (χ0) is 15.5. The van der Waals surface area contributed by atoms with E-state index in [4.69, 9.17) is 10.5 Å². The molecule has 2 aromatic heterocycles. The molecule has 3 rings (SSSR count). The van der Waals surface area contributed by atoms with Gasteiger partial charge in [-0.25, -0.2) is 9.97 Å². The van der Waals surface area contributed by atoms with E-state index in [0.717, 1.165) is 29.1 Å². The molecule has 0 aliphatic rings. The third-order valence-electron chi connectivity index (χ3n) is 3.62. The molecular weight excluding hydrogens is 280 g/mol. The van der Waals surface area contributed by atoms with Gasteiger partial charge in [-0.15, -0.1) is 0 Å². The number of rotatable bonds is 5. The minimum atomic E-state index is -0.270. The van der Waals surface area contributed by atoms with Gasteiger partial charge in [0, 0.05) is 5.39 Å². The molecule has 0 fully saturated rings. The second kappa shape index (κ2) is 6.01. The number of carbonyl (C=O) groups is 1. The largest absolute Gasteiger partial charge is 0.464 e. The van der Waals surface area contributed by atoms with Gasteiger partial charge in [-0.1, -0.05) is 31.5 Å². The van der Waals surface area contributed by atoms with E-state index in [-0.39, 0.29) is 12.5 Å². The average Bonchev–Trinajstić information content (AvgIpc) is 2.83. The summed E-state index contributed by atoms with van der Waals surface area (Å²) in [5.74, 6) is 0.146. The van der Waals surface area contributed by atoms with Gasteiger partial charge >= 0.3 is 5.97 Å². The molecule has 1 aromatic carbocycles. The van der Waals surface area contributed by atoms with Gasteiger partial charge in [0.2, 0.25) is 0 Å². The van der Waals surface area contributed by atoms with Crippen LogP contribution in [0.15, 0.2) is 30.6 Å². The van der Waals surface area contributed by atoms with Crippen LogP contribution in [0.1, 0.15) is 19.8 Å². The number of carbonyl (C=O) groups excluding carboxylic acids is 1. The Morgan fingerprint density at radius 2 is 2.14 bits per heavy atom. The first kappa shape index (κ1) is 14.3. The number of unbranched alkanes of at least 4 members (excludes halogenated alkanes) is 1. The number of nitrogens with zero attached hydrogens (tertiary/aromatic N) is 3. The lowest BCUT2D eigenvalue weighted by Gasteiger charge is -2.07. The molecule has 3 aromatic rings. The fraction of sp³-hybridized carbons (Fsp3) is 0.312. The predicted molar refractivity (Wildman–Crippen MR) is 85.3 cm³/mol. The summed E-state index contributed by atoms with van der Waals surface area (Å²) in [6.07, 6.45) is 3.27. The Balaban J connectivity index is 2.04. The summed E-state index contributed by atoms with van der Waals surface area (Å²) >= 11 is 0. The molecule has 0 spiro atoms. The van der Waals surface area contributed by atoms with Crippen molar-refractivity contribution in [2.75, 3.05) is 12.3 Å². The van der Waals surface area contributed by atoms with Crippen LogP contribution in [0.4, 0.5) is 5.82 Å². The van der Waals surface area contributed by atoms with Gasteiger partial charge in [0.25, 0.3) is 0 Å². The fourth-order valence-electron chi connectivity index (χ4n) is 2.55. The van der Waals surface area contributed by atoms with Crippen molar-refractivity contribution in [3.8, 4) is 0 Å². The fourth-order valence-corrected chi connectivity index (χ4v) is 2.55. The molecule has 6 nitrogen and oxygen atoms in total. The van der Waals surface area contributed by atoms with Gasteiger partial charge in [-0.3, -0.25) is 4.79 Å². The quantitative estimate of drug-likeness (QED) is 0.578. The van der Waals surface area contributed by atoms with Crippen LogP contribution < -0.4 is 5.73 Å². The Labute approximate surface area is 127 Å². The summed E-state index contributed by atoms with van der Waals surface area (Å²) in [4.78, 5) is 20.4. The maximum absolute atomic E-state index is 12.0. The maximum atomic E-state index is 12.0. The van der Waals surface area contributed by atoms with Crippen molar-refractivity contribution >= 4 is 33.7 Å². The topological polar surface area (TPSA) is 83.0 Å². The Kier molecular flexibility index (Phi) is 3.91. The van der Waals surface area contributed by atoms with Gasteiger partial charge in [0.15, 0.2) is 0 Å².